The molecule has 7 nitrogen and oxygen atoms in total. The average Bonchev–Trinajstić information content (AvgIpc) is 2.83. The van der Waals surface area contributed by atoms with E-state index >= 15 is 0 Å². The number of carbonyl (C=O) groups is 1. The highest BCUT2D eigenvalue weighted by Crippen LogP contribution is 2.26. The maximum Gasteiger partial charge on any atom is 0.259 e. The van der Waals surface area contributed by atoms with E-state index in [1.165, 1.54) is 32.1 Å². The molecule has 1 saturated carbocycles. The molecule has 2 aromatic heterocycles. The van der Waals surface area contributed by atoms with Crippen LogP contribution >= 0.6 is 0 Å². The number of aryl methyl sites for hydroxylation is 1. The van der Waals surface area contributed by atoms with E-state index in [1.807, 2.05) is 36.2 Å². The van der Waals surface area contributed by atoms with Crippen molar-refractivity contribution in [3.8, 4) is 0 Å². The molecule has 2 fully saturated rings. The lowest BCUT2D eigenvalue weighted by atomic mass is 9.89. The van der Waals surface area contributed by atoms with Gasteiger partial charge in [0, 0.05) is 64.3 Å². The lowest BCUT2D eigenvalue weighted by Gasteiger charge is -2.35. The number of hydrogen-bond acceptors (Lipinski definition) is 5. The van der Waals surface area contributed by atoms with E-state index in [-0.39, 0.29) is 23.5 Å². The molecule has 0 aromatic carbocycles. The summed E-state index contributed by atoms with van der Waals surface area (Å²) in [6.45, 7) is 6.61. The molecule has 4 rings (SSSR count). The maximum absolute atomic E-state index is 13.6. The zero-order valence-electron chi connectivity index (χ0n) is 20.0. The van der Waals surface area contributed by atoms with E-state index in [0.29, 0.717) is 19.0 Å². The van der Waals surface area contributed by atoms with Gasteiger partial charge in [-0.2, -0.15) is 0 Å². The second-order valence-corrected chi connectivity index (χ2v) is 9.41. The molecule has 0 radical (unpaired) electrons. The van der Waals surface area contributed by atoms with Crippen molar-refractivity contribution in [2.75, 3.05) is 33.3 Å². The molecule has 0 atom stereocenters. The molecule has 7 heteroatoms. The van der Waals surface area contributed by atoms with Gasteiger partial charge in [0.25, 0.3) is 5.91 Å². The van der Waals surface area contributed by atoms with Gasteiger partial charge >= 0.3 is 0 Å². The van der Waals surface area contributed by atoms with Crippen LogP contribution in [0.15, 0.2) is 35.3 Å². The van der Waals surface area contributed by atoms with Crippen molar-refractivity contribution < 1.29 is 9.53 Å². The van der Waals surface area contributed by atoms with Crippen molar-refractivity contribution in [3.05, 3.63) is 63.3 Å². The van der Waals surface area contributed by atoms with Crippen molar-refractivity contribution in [2.45, 2.75) is 58.7 Å². The minimum atomic E-state index is -0.194. The maximum atomic E-state index is 13.6. The van der Waals surface area contributed by atoms with E-state index in [9.17, 15) is 9.59 Å². The Morgan fingerprint density at radius 2 is 1.88 bits per heavy atom. The summed E-state index contributed by atoms with van der Waals surface area (Å²) in [4.78, 5) is 35.1. The highest BCUT2D eigenvalue weighted by molar-refractivity contribution is 5.95. The summed E-state index contributed by atoms with van der Waals surface area (Å²) in [6, 6.07) is 7.57. The van der Waals surface area contributed by atoms with Gasteiger partial charge in [0.1, 0.15) is 5.56 Å². The lowest BCUT2D eigenvalue weighted by Crippen LogP contribution is -2.49. The fourth-order valence-corrected chi connectivity index (χ4v) is 5.22. The first-order valence-corrected chi connectivity index (χ1v) is 12.2. The van der Waals surface area contributed by atoms with Crippen LogP contribution in [-0.4, -0.2) is 58.5 Å². The monoisotopic (exact) mass is 452 g/mol. The fourth-order valence-electron chi connectivity index (χ4n) is 5.22. The van der Waals surface area contributed by atoms with Crippen molar-refractivity contribution in [2.24, 2.45) is 5.92 Å². The van der Waals surface area contributed by atoms with E-state index in [2.05, 4.69) is 14.5 Å². The standard InChI is InChI=1S/C26H36N4O3/c1-20-16-24(31)25(23(19-33-2)30(20)17-21-8-4-3-5-9-21)26(32)29-14-12-28(13-15-29)18-22-10-6-7-11-27-22/h6-7,10-11,16,21H,3-5,8-9,12-15,17-19H2,1-2H3. The van der Waals surface area contributed by atoms with Crippen LogP contribution in [0.4, 0.5) is 0 Å². The number of hydrogen-bond donors (Lipinski definition) is 0. The first-order chi connectivity index (χ1) is 16.1. The molecule has 0 unspecified atom stereocenters. The molecule has 0 N–H and O–H groups in total. The SMILES string of the molecule is COCc1c(C(=O)N2CCN(Cc3ccccn3)CC2)c(=O)cc(C)n1CC1CCCCC1. The molecule has 3 heterocycles. The van der Waals surface area contributed by atoms with Gasteiger partial charge in [0.2, 0.25) is 0 Å². The predicted molar refractivity (Wildman–Crippen MR) is 128 cm³/mol. The lowest BCUT2D eigenvalue weighted by molar-refractivity contribution is 0.0618. The number of piperazine rings is 1. The molecule has 0 bridgehead atoms. The Balaban J connectivity index is 1.51. The Hall–Kier alpha value is -2.51. The summed E-state index contributed by atoms with van der Waals surface area (Å²) in [5.74, 6) is 0.426. The normalized spacial score (nSPS) is 17.9. The number of methoxy groups -OCH3 is 1. The second kappa shape index (κ2) is 11.1. The van der Waals surface area contributed by atoms with Gasteiger partial charge in [0.05, 0.1) is 18.0 Å². The summed E-state index contributed by atoms with van der Waals surface area (Å²) in [7, 11) is 1.63. The molecule has 2 aromatic rings. The summed E-state index contributed by atoms with van der Waals surface area (Å²) in [5.41, 5.74) is 2.77. The number of ether oxygens (including phenoxy) is 1. The summed E-state index contributed by atoms with van der Waals surface area (Å²) >= 11 is 0. The minimum Gasteiger partial charge on any atom is -0.378 e. The Morgan fingerprint density at radius 3 is 2.55 bits per heavy atom. The summed E-state index contributed by atoms with van der Waals surface area (Å²) in [6.07, 6.45) is 8.05. The van der Waals surface area contributed by atoms with Crippen molar-refractivity contribution in [3.63, 3.8) is 0 Å². The Morgan fingerprint density at radius 1 is 1.12 bits per heavy atom. The third-order valence-corrected chi connectivity index (χ3v) is 7.06. The molecule has 1 amide bonds. The first kappa shape index (κ1) is 23.6. The Labute approximate surface area is 196 Å². The first-order valence-electron chi connectivity index (χ1n) is 12.2. The third kappa shape index (κ3) is 5.71. The summed E-state index contributed by atoms with van der Waals surface area (Å²) < 4.78 is 7.66. The van der Waals surface area contributed by atoms with Crippen LogP contribution in [0.2, 0.25) is 0 Å². The van der Waals surface area contributed by atoms with Crippen LogP contribution in [-0.2, 0) is 24.4 Å². The molecular weight excluding hydrogens is 416 g/mol. The largest absolute Gasteiger partial charge is 0.378 e. The zero-order chi connectivity index (χ0) is 23.2. The van der Waals surface area contributed by atoms with Crippen LogP contribution in [0, 0.1) is 12.8 Å². The summed E-state index contributed by atoms with van der Waals surface area (Å²) in [5, 5.41) is 0. The number of pyridine rings is 2. The van der Waals surface area contributed by atoms with E-state index < -0.39 is 0 Å². The Bertz CT molecular complexity index is 991. The van der Waals surface area contributed by atoms with Gasteiger partial charge in [-0.15, -0.1) is 0 Å². The topological polar surface area (TPSA) is 67.7 Å². The number of nitrogens with zero attached hydrogens (tertiary/aromatic N) is 4. The van der Waals surface area contributed by atoms with Gasteiger partial charge in [-0.05, 0) is 37.8 Å². The van der Waals surface area contributed by atoms with Gasteiger partial charge < -0.3 is 14.2 Å². The quantitative estimate of drug-likeness (QED) is 0.645. The molecule has 178 valence electrons. The minimum absolute atomic E-state index is 0.165. The highest BCUT2D eigenvalue weighted by Gasteiger charge is 2.28. The van der Waals surface area contributed by atoms with Crippen molar-refractivity contribution >= 4 is 5.91 Å². The number of rotatable bonds is 7. The number of amides is 1. The van der Waals surface area contributed by atoms with Crippen LogP contribution in [0.1, 0.15) is 59.5 Å². The van der Waals surface area contributed by atoms with Crippen LogP contribution < -0.4 is 5.43 Å². The van der Waals surface area contributed by atoms with Crippen molar-refractivity contribution in [1.82, 2.24) is 19.4 Å². The Kier molecular flexibility index (Phi) is 7.93. The van der Waals surface area contributed by atoms with Gasteiger partial charge in [0.15, 0.2) is 5.43 Å². The average molecular weight is 453 g/mol. The van der Waals surface area contributed by atoms with Gasteiger partial charge in [-0.1, -0.05) is 25.3 Å². The molecule has 2 aliphatic rings. The van der Waals surface area contributed by atoms with Gasteiger partial charge in [-0.25, -0.2) is 0 Å². The molecule has 0 spiro atoms. The molecule has 1 aliphatic carbocycles. The van der Waals surface area contributed by atoms with E-state index in [4.69, 9.17) is 4.74 Å². The van der Waals surface area contributed by atoms with Crippen molar-refractivity contribution in [1.29, 1.82) is 0 Å². The van der Waals surface area contributed by atoms with Crippen LogP contribution in [0.25, 0.3) is 0 Å². The molecule has 1 aliphatic heterocycles. The van der Waals surface area contributed by atoms with Crippen LogP contribution in [0.5, 0.6) is 0 Å². The highest BCUT2D eigenvalue weighted by atomic mass is 16.5. The predicted octanol–water partition coefficient (Wildman–Crippen LogP) is 3.24. The molecule has 33 heavy (non-hydrogen) atoms. The smallest absolute Gasteiger partial charge is 0.259 e. The molecular formula is C26H36N4O3. The van der Waals surface area contributed by atoms with E-state index in [1.54, 1.807) is 13.2 Å². The second-order valence-electron chi connectivity index (χ2n) is 9.41. The van der Waals surface area contributed by atoms with Crippen LogP contribution in [0.3, 0.4) is 0 Å². The third-order valence-electron chi connectivity index (χ3n) is 7.06. The van der Waals surface area contributed by atoms with Gasteiger partial charge in [-0.3, -0.25) is 19.5 Å². The number of aromatic nitrogens is 2. The molecule has 1 saturated heterocycles. The zero-order valence-corrected chi connectivity index (χ0v) is 20.0. The number of carbonyl (C=O) groups excluding carboxylic acids is 1. The van der Waals surface area contributed by atoms with E-state index in [0.717, 1.165) is 43.3 Å². The fraction of sp³-hybridized carbons (Fsp3) is 0.577.